The molecule has 13 heteroatoms. The second-order valence-electron chi connectivity index (χ2n) is 7.93. The number of nitrogens with one attached hydrogen (secondary N) is 1. The van der Waals surface area contributed by atoms with Crippen LogP contribution in [0, 0.1) is 5.92 Å². The predicted octanol–water partition coefficient (Wildman–Crippen LogP) is 1.38. The number of halogens is 1. The third-order valence-corrected chi connectivity index (χ3v) is 8.15. The van der Waals surface area contributed by atoms with E-state index in [-0.39, 0.29) is 35.8 Å². The van der Waals surface area contributed by atoms with Gasteiger partial charge in [0.15, 0.2) is 22.3 Å². The van der Waals surface area contributed by atoms with E-state index in [2.05, 4.69) is 5.32 Å². The van der Waals surface area contributed by atoms with E-state index in [4.69, 9.17) is 5.73 Å². The lowest BCUT2D eigenvalue weighted by molar-refractivity contribution is -0.121. The van der Waals surface area contributed by atoms with Crippen LogP contribution in [0.2, 0.25) is 0 Å². The minimum Gasteiger partial charge on any atom is -0.369 e. The maximum absolute atomic E-state index is 12.7. The number of primary amides is 1. The van der Waals surface area contributed by atoms with Crippen LogP contribution in [-0.2, 0) is 25.6 Å². The van der Waals surface area contributed by atoms with Crippen molar-refractivity contribution in [3.63, 3.8) is 0 Å². The maximum Gasteiger partial charge on any atom is 0.275 e. The average Bonchev–Trinajstić information content (AvgIpc) is 2.77. The fraction of sp³-hybridized carbons (Fsp3) is 0.571. The van der Waals surface area contributed by atoms with Gasteiger partial charge in [0.1, 0.15) is 10.5 Å². The molecule has 3 atom stereocenters. The largest absolute Gasteiger partial charge is 0.369 e. The lowest BCUT2D eigenvalue weighted by Crippen LogP contribution is -2.31. The van der Waals surface area contributed by atoms with E-state index in [1.165, 1.54) is 24.3 Å². The van der Waals surface area contributed by atoms with Gasteiger partial charge in [-0.15, -0.1) is 0 Å². The molecular weight excluding hydrogens is 599 g/mol. The summed E-state index contributed by atoms with van der Waals surface area (Å²) in [7, 11) is -7.62. The minimum absolute atomic E-state index is 0.000549. The first-order valence-corrected chi connectivity index (χ1v) is 15.0. The molecule has 10 nitrogen and oxygen atoms in total. The van der Waals surface area contributed by atoms with Gasteiger partial charge in [-0.3, -0.25) is 18.9 Å². The van der Waals surface area contributed by atoms with Crippen molar-refractivity contribution in [1.82, 2.24) is 5.32 Å². The number of carbonyl (C=O) groups excluding carboxylic acids is 3. The molecule has 192 valence electrons. The number of nitrogens with two attached hydrogens (primary N) is 1. The summed E-state index contributed by atoms with van der Waals surface area (Å²) in [5.74, 6) is -1.95. The molecule has 0 fully saturated rings. The van der Waals surface area contributed by atoms with Crippen molar-refractivity contribution in [1.29, 1.82) is 0 Å². The highest BCUT2D eigenvalue weighted by atomic mass is 127. The van der Waals surface area contributed by atoms with Crippen molar-refractivity contribution in [3.8, 4) is 0 Å². The Morgan fingerprint density at radius 2 is 1.56 bits per heavy atom. The summed E-state index contributed by atoms with van der Waals surface area (Å²) in [5, 5.41) is 0.237. The Morgan fingerprint density at radius 3 is 2.03 bits per heavy atom. The Bertz CT molecular complexity index is 1020. The number of thiol groups is 1. The quantitative estimate of drug-likeness (QED) is 0.0495. The van der Waals surface area contributed by atoms with Gasteiger partial charge < -0.3 is 11.1 Å². The van der Waals surface area contributed by atoms with E-state index in [9.17, 15) is 35.8 Å². The standard InChI is InChI=1S/C21H31IN2O8S2/c1-14(21(23)27)4-2-3-12-24-13-10-17(33(28)29)19(25)15-5-7-16(8-6-15)20(26)18(9-11-22)34(30,31)32/h5-8,14,17-18,24,33H,2-4,9-13H2,1H3,(H2,23,27)(H,30,31,32). The van der Waals surface area contributed by atoms with Crippen LogP contribution in [0.15, 0.2) is 24.3 Å². The summed E-state index contributed by atoms with van der Waals surface area (Å²) in [6.07, 6.45) is 2.24. The molecular formula is C21H31IN2O8S2. The number of benzene rings is 1. The number of ketones is 2. The summed E-state index contributed by atoms with van der Waals surface area (Å²) >= 11 is 1.90. The highest BCUT2D eigenvalue weighted by Crippen LogP contribution is 2.17. The number of Topliss-reactive ketones (excluding diaryl/α,β-unsaturated/α-hetero) is 2. The van der Waals surface area contributed by atoms with Gasteiger partial charge in [0.25, 0.3) is 10.1 Å². The molecule has 0 aliphatic rings. The molecule has 0 heterocycles. The highest BCUT2D eigenvalue weighted by molar-refractivity contribution is 14.1. The predicted molar refractivity (Wildman–Crippen MR) is 138 cm³/mol. The molecule has 1 rings (SSSR count). The van der Waals surface area contributed by atoms with Gasteiger partial charge in [-0.25, -0.2) is 8.42 Å². The number of carbonyl (C=O) groups is 3. The summed E-state index contributed by atoms with van der Waals surface area (Å²) in [5.41, 5.74) is 5.29. The smallest absolute Gasteiger partial charge is 0.275 e. The van der Waals surface area contributed by atoms with Gasteiger partial charge in [-0.2, -0.15) is 8.42 Å². The molecule has 0 aliphatic carbocycles. The van der Waals surface area contributed by atoms with Crippen LogP contribution >= 0.6 is 22.6 Å². The lowest BCUT2D eigenvalue weighted by atomic mass is 10.0. The zero-order valence-electron chi connectivity index (χ0n) is 18.8. The Kier molecular flexibility index (Phi) is 13.4. The first-order chi connectivity index (χ1) is 15.9. The van der Waals surface area contributed by atoms with Gasteiger partial charge in [0, 0.05) is 21.5 Å². The zero-order chi connectivity index (χ0) is 25.9. The summed E-state index contributed by atoms with van der Waals surface area (Å²) in [6, 6.07) is 5.06. The molecule has 0 saturated carbocycles. The monoisotopic (exact) mass is 630 g/mol. The highest BCUT2D eigenvalue weighted by Gasteiger charge is 2.31. The molecule has 34 heavy (non-hydrogen) atoms. The van der Waals surface area contributed by atoms with Crippen LogP contribution in [0.4, 0.5) is 0 Å². The third kappa shape index (κ3) is 10.1. The number of hydrogen-bond donors (Lipinski definition) is 4. The topological polar surface area (TPSA) is 178 Å². The van der Waals surface area contributed by atoms with E-state index in [1.807, 2.05) is 22.6 Å². The molecule has 0 saturated heterocycles. The molecule has 1 aromatic carbocycles. The molecule has 3 unspecified atom stereocenters. The van der Waals surface area contributed by atoms with Crippen molar-refractivity contribution in [2.75, 3.05) is 17.5 Å². The molecule has 1 amide bonds. The third-order valence-electron chi connectivity index (χ3n) is 5.36. The first-order valence-electron chi connectivity index (χ1n) is 10.7. The maximum atomic E-state index is 12.7. The van der Waals surface area contributed by atoms with Crippen molar-refractivity contribution >= 4 is 60.9 Å². The van der Waals surface area contributed by atoms with Gasteiger partial charge in [0.05, 0.1) is 0 Å². The van der Waals surface area contributed by atoms with E-state index in [0.29, 0.717) is 23.9 Å². The van der Waals surface area contributed by atoms with Gasteiger partial charge in [-0.1, -0.05) is 60.2 Å². The second-order valence-corrected chi connectivity index (χ2v) is 11.8. The molecule has 0 aliphatic heterocycles. The van der Waals surface area contributed by atoms with Crippen LogP contribution in [0.1, 0.15) is 59.7 Å². The van der Waals surface area contributed by atoms with Crippen LogP contribution < -0.4 is 11.1 Å². The van der Waals surface area contributed by atoms with Crippen molar-refractivity contribution < 1.29 is 35.8 Å². The Morgan fingerprint density at radius 1 is 1.00 bits per heavy atom. The van der Waals surface area contributed by atoms with E-state index < -0.39 is 42.9 Å². The van der Waals surface area contributed by atoms with Crippen LogP contribution in [-0.4, -0.2) is 66.9 Å². The number of hydrogen-bond acceptors (Lipinski definition) is 8. The number of amides is 1. The number of rotatable bonds is 17. The number of alkyl halides is 1. The van der Waals surface area contributed by atoms with Crippen molar-refractivity contribution in [2.45, 2.75) is 49.5 Å². The molecule has 0 bridgehead atoms. The summed E-state index contributed by atoms with van der Waals surface area (Å²) in [6.45, 7) is 2.66. The number of unbranched alkanes of at least 4 members (excludes halogenated alkanes) is 1. The molecule has 0 radical (unpaired) electrons. The van der Waals surface area contributed by atoms with Gasteiger partial charge in [0.2, 0.25) is 5.91 Å². The fourth-order valence-electron chi connectivity index (χ4n) is 3.23. The lowest BCUT2D eigenvalue weighted by Gasteiger charge is -2.13. The average molecular weight is 631 g/mol. The van der Waals surface area contributed by atoms with Crippen LogP contribution in [0.3, 0.4) is 0 Å². The molecule has 1 aromatic rings. The fourth-order valence-corrected chi connectivity index (χ4v) is 5.78. The summed E-state index contributed by atoms with van der Waals surface area (Å²) in [4.78, 5) is 36.2. The van der Waals surface area contributed by atoms with Crippen LogP contribution in [0.25, 0.3) is 0 Å². The second kappa shape index (κ2) is 14.9. The summed E-state index contributed by atoms with van der Waals surface area (Å²) < 4.78 is 56.0. The normalized spacial score (nSPS) is 14.5. The molecule has 4 N–H and O–H groups in total. The van der Waals surface area contributed by atoms with E-state index in [1.54, 1.807) is 6.92 Å². The van der Waals surface area contributed by atoms with Gasteiger partial charge >= 0.3 is 0 Å². The van der Waals surface area contributed by atoms with Crippen molar-refractivity contribution in [3.05, 3.63) is 35.4 Å². The minimum atomic E-state index is -4.58. The van der Waals surface area contributed by atoms with Crippen molar-refractivity contribution in [2.24, 2.45) is 11.7 Å². The van der Waals surface area contributed by atoms with Crippen LogP contribution in [0.5, 0.6) is 0 Å². The van der Waals surface area contributed by atoms with E-state index >= 15 is 0 Å². The first kappa shape index (κ1) is 30.6. The van der Waals surface area contributed by atoms with Gasteiger partial charge in [-0.05, 0) is 38.8 Å². The Hall–Kier alpha value is -1.42. The Labute approximate surface area is 215 Å². The molecule has 0 spiro atoms. The molecule has 0 aromatic heterocycles. The van der Waals surface area contributed by atoms with E-state index in [0.717, 1.165) is 12.8 Å². The zero-order valence-corrected chi connectivity index (χ0v) is 22.7. The SMILES string of the molecule is CC(CCCCNCCC(C(=O)c1ccc(C(=O)C(CCI)S(=O)(=O)O)cc1)[SH](=O)=O)C(N)=O. The Balaban J connectivity index is 2.69.